The number of aryl methyl sites for hydroxylation is 1. The highest BCUT2D eigenvalue weighted by molar-refractivity contribution is 5.88. The fourth-order valence-electron chi connectivity index (χ4n) is 2.10. The predicted octanol–water partition coefficient (Wildman–Crippen LogP) is 3.26. The van der Waals surface area contributed by atoms with Crippen LogP contribution in [-0.2, 0) is 11.2 Å². The standard InChI is InChI=1S/C14H14O2/c1-9-11-4-2-3-5-13(11)16-14(9)8-12(15)10-6-7-10/h2-5,10H,6-8H2,1H3. The molecule has 1 fully saturated rings. The zero-order valence-electron chi connectivity index (χ0n) is 9.32. The molecule has 0 unspecified atom stereocenters. The van der Waals surface area contributed by atoms with Crippen LogP contribution in [0.15, 0.2) is 28.7 Å². The molecule has 2 nitrogen and oxygen atoms in total. The first-order valence-corrected chi connectivity index (χ1v) is 5.75. The van der Waals surface area contributed by atoms with Gasteiger partial charge in [-0.15, -0.1) is 0 Å². The van der Waals surface area contributed by atoms with Gasteiger partial charge >= 0.3 is 0 Å². The zero-order valence-corrected chi connectivity index (χ0v) is 9.32. The SMILES string of the molecule is Cc1c(CC(=O)C2CC2)oc2ccccc12. The zero-order chi connectivity index (χ0) is 11.1. The minimum absolute atomic E-state index is 0.313. The van der Waals surface area contributed by atoms with Crippen molar-refractivity contribution in [1.82, 2.24) is 0 Å². The third-order valence-corrected chi connectivity index (χ3v) is 3.31. The first-order valence-electron chi connectivity index (χ1n) is 5.75. The van der Waals surface area contributed by atoms with E-state index in [0.29, 0.717) is 18.1 Å². The van der Waals surface area contributed by atoms with Gasteiger partial charge in [-0.2, -0.15) is 0 Å². The molecule has 0 radical (unpaired) electrons. The fourth-order valence-corrected chi connectivity index (χ4v) is 2.10. The van der Waals surface area contributed by atoms with Gasteiger partial charge in [-0.25, -0.2) is 0 Å². The molecule has 1 aliphatic rings. The second-order valence-corrected chi connectivity index (χ2v) is 4.56. The van der Waals surface area contributed by atoms with Crippen LogP contribution in [0.3, 0.4) is 0 Å². The van der Waals surface area contributed by atoms with Crippen LogP contribution in [0.5, 0.6) is 0 Å². The van der Waals surface area contributed by atoms with Crippen molar-refractivity contribution in [2.24, 2.45) is 5.92 Å². The number of carbonyl (C=O) groups is 1. The van der Waals surface area contributed by atoms with Gasteiger partial charge in [-0.3, -0.25) is 4.79 Å². The predicted molar refractivity (Wildman–Crippen MR) is 62.4 cm³/mol. The molecule has 82 valence electrons. The summed E-state index contributed by atoms with van der Waals surface area (Å²) in [5, 5.41) is 1.13. The number of carbonyl (C=O) groups excluding carboxylic acids is 1. The largest absolute Gasteiger partial charge is 0.460 e. The van der Waals surface area contributed by atoms with E-state index in [2.05, 4.69) is 0 Å². The van der Waals surface area contributed by atoms with Crippen LogP contribution in [0.2, 0.25) is 0 Å². The average molecular weight is 214 g/mol. The third kappa shape index (κ3) is 1.54. The van der Waals surface area contributed by atoms with Crippen molar-refractivity contribution in [3.8, 4) is 0 Å². The quantitative estimate of drug-likeness (QED) is 0.785. The summed E-state index contributed by atoms with van der Waals surface area (Å²) in [5.41, 5.74) is 2.00. The minimum atomic E-state index is 0.313. The monoisotopic (exact) mass is 214 g/mol. The van der Waals surface area contributed by atoms with Crippen molar-refractivity contribution >= 4 is 16.8 Å². The second kappa shape index (κ2) is 3.48. The lowest BCUT2D eigenvalue weighted by atomic mass is 10.1. The van der Waals surface area contributed by atoms with Gasteiger partial charge in [-0.1, -0.05) is 18.2 Å². The molecule has 16 heavy (non-hydrogen) atoms. The van der Waals surface area contributed by atoms with Crippen LogP contribution in [0.25, 0.3) is 11.0 Å². The van der Waals surface area contributed by atoms with E-state index in [1.165, 1.54) is 0 Å². The van der Waals surface area contributed by atoms with Gasteiger partial charge in [0.15, 0.2) is 0 Å². The van der Waals surface area contributed by atoms with E-state index >= 15 is 0 Å². The summed E-state index contributed by atoms with van der Waals surface area (Å²) in [6.45, 7) is 2.03. The van der Waals surface area contributed by atoms with Crippen LogP contribution in [0.1, 0.15) is 24.2 Å². The molecular formula is C14H14O2. The first-order chi connectivity index (χ1) is 7.75. The molecule has 1 saturated carbocycles. The van der Waals surface area contributed by atoms with E-state index in [-0.39, 0.29) is 0 Å². The van der Waals surface area contributed by atoms with E-state index in [0.717, 1.165) is 35.1 Å². The Bertz CT molecular complexity index is 547. The molecule has 1 heterocycles. The van der Waals surface area contributed by atoms with E-state index in [4.69, 9.17) is 4.42 Å². The molecule has 3 rings (SSSR count). The Hall–Kier alpha value is -1.57. The Balaban J connectivity index is 1.96. The molecule has 0 bridgehead atoms. The molecule has 0 aliphatic heterocycles. The molecule has 0 atom stereocenters. The number of hydrogen-bond acceptors (Lipinski definition) is 2. The maximum atomic E-state index is 11.7. The lowest BCUT2D eigenvalue weighted by Gasteiger charge is -1.96. The molecule has 0 saturated heterocycles. The number of rotatable bonds is 3. The van der Waals surface area contributed by atoms with E-state index in [1.807, 2.05) is 31.2 Å². The van der Waals surface area contributed by atoms with Gasteiger partial charge in [0.25, 0.3) is 0 Å². The van der Waals surface area contributed by atoms with Gasteiger partial charge < -0.3 is 4.42 Å². The summed E-state index contributed by atoms with van der Waals surface area (Å²) in [6.07, 6.45) is 2.60. The summed E-state index contributed by atoms with van der Waals surface area (Å²) in [5.74, 6) is 1.49. The summed E-state index contributed by atoms with van der Waals surface area (Å²) in [6, 6.07) is 7.95. The van der Waals surface area contributed by atoms with Crippen molar-refractivity contribution in [3.63, 3.8) is 0 Å². The number of furan rings is 1. The van der Waals surface area contributed by atoms with Gasteiger partial charge in [0.1, 0.15) is 17.1 Å². The summed E-state index contributed by atoms with van der Waals surface area (Å²) in [4.78, 5) is 11.7. The molecule has 0 amide bonds. The van der Waals surface area contributed by atoms with Gasteiger partial charge in [0.2, 0.25) is 0 Å². The van der Waals surface area contributed by atoms with Crippen LogP contribution in [-0.4, -0.2) is 5.78 Å². The van der Waals surface area contributed by atoms with Crippen molar-refractivity contribution in [1.29, 1.82) is 0 Å². The highest BCUT2D eigenvalue weighted by Crippen LogP contribution is 2.32. The maximum Gasteiger partial charge on any atom is 0.143 e. The lowest BCUT2D eigenvalue weighted by molar-refractivity contribution is -0.119. The number of benzene rings is 1. The molecule has 0 spiro atoms. The topological polar surface area (TPSA) is 30.2 Å². The Morgan fingerprint density at radius 3 is 2.81 bits per heavy atom. The highest BCUT2D eigenvalue weighted by Gasteiger charge is 2.30. The van der Waals surface area contributed by atoms with Crippen molar-refractivity contribution < 1.29 is 9.21 Å². The molecule has 0 N–H and O–H groups in total. The summed E-state index contributed by atoms with van der Waals surface area (Å²) < 4.78 is 5.73. The Kier molecular flexibility index (Phi) is 2.10. The Morgan fingerprint density at radius 1 is 1.38 bits per heavy atom. The van der Waals surface area contributed by atoms with E-state index in [1.54, 1.807) is 0 Å². The number of fused-ring (bicyclic) bond motifs is 1. The smallest absolute Gasteiger partial charge is 0.143 e. The summed E-state index contributed by atoms with van der Waals surface area (Å²) >= 11 is 0. The Morgan fingerprint density at radius 2 is 2.12 bits per heavy atom. The normalized spacial score (nSPS) is 15.6. The Labute approximate surface area is 94.3 Å². The van der Waals surface area contributed by atoms with E-state index in [9.17, 15) is 4.79 Å². The molecule has 2 aromatic rings. The molecule has 2 heteroatoms. The van der Waals surface area contributed by atoms with Gasteiger partial charge in [-0.05, 0) is 31.4 Å². The lowest BCUT2D eigenvalue weighted by Crippen LogP contribution is -2.04. The first kappa shape index (κ1) is 9.64. The van der Waals surface area contributed by atoms with Crippen LogP contribution < -0.4 is 0 Å². The van der Waals surface area contributed by atoms with Crippen molar-refractivity contribution in [2.75, 3.05) is 0 Å². The number of para-hydroxylation sites is 1. The molecular weight excluding hydrogens is 200 g/mol. The van der Waals surface area contributed by atoms with Gasteiger partial charge in [0.05, 0.1) is 6.42 Å². The maximum absolute atomic E-state index is 11.7. The number of Topliss-reactive ketones (excluding diaryl/α,β-unsaturated/α-hetero) is 1. The van der Waals surface area contributed by atoms with Crippen LogP contribution >= 0.6 is 0 Å². The minimum Gasteiger partial charge on any atom is -0.460 e. The number of hydrogen-bond donors (Lipinski definition) is 0. The molecule has 1 aromatic heterocycles. The average Bonchev–Trinajstić information content (AvgIpc) is 3.08. The summed E-state index contributed by atoms with van der Waals surface area (Å²) in [7, 11) is 0. The van der Waals surface area contributed by atoms with Crippen molar-refractivity contribution in [3.05, 3.63) is 35.6 Å². The van der Waals surface area contributed by atoms with Crippen LogP contribution in [0, 0.1) is 12.8 Å². The van der Waals surface area contributed by atoms with Crippen LogP contribution in [0.4, 0.5) is 0 Å². The fraction of sp³-hybridized carbons (Fsp3) is 0.357. The van der Waals surface area contributed by atoms with E-state index < -0.39 is 0 Å². The highest BCUT2D eigenvalue weighted by atomic mass is 16.3. The second-order valence-electron chi connectivity index (χ2n) is 4.56. The number of ketones is 1. The molecule has 1 aliphatic carbocycles. The van der Waals surface area contributed by atoms with Gasteiger partial charge in [0, 0.05) is 11.3 Å². The molecule has 1 aromatic carbocycles. The van der Waals surface area contributed by atoms with Crippen molar-refractivity contribution in [2.45, 2.75) is 26.2 Å². The third-order valence-electron chi connectivity index (χ3n) is 3.31.